The average molecular weight is 1110 g/mol. The minimum Gasteiger partial charge on any atom is -0.391 e. The van der Waals surface area contributed by atoms with Crippen LogP contribution in [0.25, 0.3) is 21.7 Å². The molecule has 0 saturated carbocycles. The number of hydrogen-bond donors (Lipinski definition) is 5. The van der Waals surface area contributed by atoms with Crippen LogP contribution in [0.1, 0.15) is 94.9 Å². The normalized spacial score (nSPS) is 18.0. The van der Waals surface area contributed by atoms with Crippen molar-refractivity contribution in [2.75, 3.05) is 57.1 Å². The van der Waals surface area contributed by atoms with E-state index in [1.165, 1.54) is 30.3 Å². The topological polar surface area (TPSA) is 208 Å². The molecular weight excluding hydrogens is 1040 g/mol. The Kier molecular flexibility index (Phi) is 17.6. The number of anilines is 3. The summed E-state index contributed by atoms with van der Waals surface area (Å²) in [4.78, 5) is 95.0. The number of aliphatic hydroxyl groups is 1. The summed E-state index contributed by atoms with van der Waals surface area (Å²) in [5, 5.41) is 24.9. The third kappa shape index (κ3) is 13.2. The molecule has 79 heavy (non-hydrogen) atoms. The number of nitrogens with zero attached hydrogens (tertiary/aromatic N) is 5. The monoisotopic (exact) mass is 1110 g/mol. The molecule has 0 unspecified atom stereocenters. The minimum absolute atomic E-state index is 0.0275. The summed E-state index contributed by atoms with van der Waals surface area (Å²) in [6, 6.07) is 22.7. The summed E-state index contributed by atoms with van der Waals surface area (Å²) in [7, 11) is 3.58. The van der Waals surface area contributed by atoms with E-state index in [9.17, 15) is 33.9 Å². The van der Waals surface area contributed by atoms with E-state index in [1.807, 2.05) is 112 Å². The highest BCUT2D eigenvalue weighted by atomic mass is 32.1. The third-order valence-corrected chi connectivity index (χ3v) is 17.5. The molecule has 3 aromatic carbocycles. The van der Waals surface area contributed by atoms with E-state index in [-0.39, 0.29) is 68.2 Å². The number of rotatable bonds is 18. The summed E-state index contributed by atoms with van der Waals surface area (Å²) < 4.78 is 7.36. The first-order valence-electron chi connectivity index (χ1n) is 27.1. The SMILES string of the molecule is Cc1ccsc1-c1ccc(CNC(=O)[C@@H]2C[C@@H](O)CN2C(=O)[C@@H](NC(=O)CCOCCN2CCN(C)[C@H](c3ccc(Nc4nc(-c5cccc(NC(=O)c6cc7c(s6)CCCC7)c5C)cn(C)c4=O)cc3)C2=O)C(C)(C)C)cc1. The number of benzene rings is 3. The summed E-state index contributed by atoms with van der Waals surface area (Å²) in [6.07, 6.45) is 5.17. The largest absolute Gasteiger partial charge is 0.391 e. The molecule has 0 spiro atoms. The van der Waals surface area contributed by atoms with Gasteiger partial charge in [-0.1, -0.05) is 69.3 Å². The molecule has 4 atom stereocenters. The first-order valence-corrected chi connectivity index (χ1v) is 28.8. The van der Waals surface area contributed by atoms with Crippen LogP contribution in [0.3, 0.4) is 0 Å². The van der Waals surface area contributed by atoms with E-state index in [1.54, 1.807) is 40.8 Å². The third-order valence-electron chi connectivity index (χ3n) is 15.2. The summed E-state index contributed by atoms with van der Waals surface area (Å²) >= 11 is 3.25. The zero-order valence-electron chi connectivity index (χ0n) is 46.0. The molecular formula is C60H71N9O8S2. The lowest BCUT2D eigenvalue weighted by atomic mass is 9.85. The van der Waals surface area contributed by atoms with E-state index < -0.39 is 41.5 Å². The van der Waals surface area contributed by atoms with Gasteiger partial charge in [0.25, 0.3) is 11.5 Å². The Balaban J connectivity index is 0.749. The Bertz CT molecular complexity index is 3250. The highest BCUT2D eigenvalue weighted by Crippen LogP contribution is 2.34. The molecule has 2 aliphatic heterocycles. The van der Waals surface area contributed by atoms with E-state index >= 15 is 0 Å². The maximum atomic E-state index is 14.2. The van der Waals surface area contributed by atoms with Crippen LogP contribution in [0.2, 0.25) is 0 Å². The molecule has 9 rings (SSSR count). The molecule has 0 bridgehead atoms. The van der Waals surface area contributed by atoms with Crippen LogP contribution in [-0.4, -0.2) is 124 Å². The van der Waals surface area contributed by atoms with Crippen molar-refractivity contribution in [3.05, 3.63) is 138 Å². The van der Waals surface area contributed by atoms with Gasteiger partial charge in [-0.3, -0.25) is 33.7 Å². The lowest BCUT2D eigenvalue weighted by Crippen LogP contribution is -2.57. The Hall–Kier alpha value is -7.03. The van der Waals surface area contributed by atoms with Crippen molar-refractivity contribution < 1.29 is 33.8 Å². The van der Waals surface area contributed by atoms with Gasteiger partial charge in [-0.25, -0.2) is 4.98 Å². The van der Waals surface area contributed by atoms with Gasteiger partial charge in [0, 0.05) is 85.5 Å². The molecule has 5 amide bonds. The number of likely N-dealkylation sites (tertiary alicyclic amines) is 1. The zero-order valence-corrected chi connectivity index (χ0v) is 47.7. The second kappa shape index (κ2) is 24.5. The number of hydrogen-bond acceptors (Lipinski definition) is 13. The fourth-order valence-electron chi connectivity index (χ4n) is 10.6. The van der Waals surface area contributed by atoms with Gasteiger partial charge in [-0.05, 0) is 121 Å². The lowest BCUT2D eigenvalue weighted by Gasteiger charge is -2.39. The number of thiophene rings is 2. The van der Waals surface area contributed by atoms with Gasteiger partial charge in [-0.15, -0.1) is 22.7 Å². The number of aromatic nitrogens is 2. The second-order valence-corrected chi connectivity index (χ2v) is 24.1. The number of carbonyl (C=O) groups excluding carboxylic acids is 5. The number of likely N-dealkylation sites (N-methyl/N-ethyl adjacent to an activating group) is 1. The molecule has 17 nitrogen and oxygen atoms in total. The molecule has 2 saturated heterocycles. The minimum atomic E-state index is -0.976. The Morgan fingerprint density at radius 3 is 2.41 bits per heavy atom. The van der Waals surface area contributed by atoms with E-state index in [0.29, 0.717) is 41.6 Å². The zero-order chi connectivity index (χ0) is 56.1. The van der Waals surface area contributed by atoms with Gasteiger partial charge in [0.2, 0.25) is 23.6 Å². The van der Waals surface area contributed by atoms with Crippen LogP contribution in [0.5, 0.6) is 0 Å². The van der Waals surface area contributed by atoms with Crippen molar-refractivity contribution in [3.8, 4) is 21.7 Å². The summed E-state index contributed by atoms with van der Waals surface area (Å²) in [6.45, 7) is 11.4. The van der Waals surface area contributed by atoms with Crippen LogP contribution in [-0.2, 0) is 50.3 Å². The molecule has 5 heterocycles. The van der Waals surface area contributed by atoms with Crippen molar-refractivity contribution in [2.24, 2.45) is 12.5 Å². The van der Waals surface area contributed by atoms with Gasteiger partial charge in [0.15, 0.2) is 5.82 Å². The first-order chi connectivity index (χ1) is 37.8. The predicted molar refractivity (Wildman–Crippen MR) is 310 cm³/mol. The fraction of sp³-hybridized carbons (Fsp3) is 0.417. The lowest BCUT2D eigenvalue weighted by molar-refractivity contribution is -0.144. The molecule has 3 aromatic heterocycles. The number of β-amino-alcohol motifs (C(OH)–C–C–N with tert-alkyl or cyclic N) is 1. The number of piperazine rings is 1. The molecule has 416 valence electrons. The van der Waals surface area contributed by atoms with Gasteiger partial charge in [0.1, 0.15) is 18.1 Å². The predicted octanol–water partition coefficient (Wildman–Crippen LogP) is 7.76. The fourth-order valence-corrected chi connectivity index (χ4v) is 12.7. The van der Waals surface area contributed by atoms with Crippen LogP contribution in [0.15, 0.2) is 95.2 Å². The van der Waals surface area contributed by atoms with Gasteiger partial charge in [-0.2, -0.15) is 0 Å². The van der Waals surface area contributed by atoms with E-state index in [2.05, 4.69) is 39.6 Å². The number of fused-ring (bicyclic) bond motifs is 1. The van der Waals surface area contributed by atoms with Gasteiger partial charge < -0.3 is 45.5 Å². The van der Waals surface area contributed by atoms with Gasteiger partial charge >= 0.3 is 0 Å². The number of carbonyl (C=O) groups is 5. The first kappa shape index (κ1) is 56.7. The molecule has 1 aliphatic carbocycles. The number of ether oxygens (including phenoxy) is 1. The van der Waals surface area contributed by atoms with Crippen molar-refractivity contribution >= 4 is 69.4 Å². The maximum Gasteiger partial charge on any atom is 0.293 e. The summed E-state index contributed by atoms with van der Waals surface area (Å²) in [5.41, 5.74) is 7.64. The number of aryl methyl sites for hydroxylation is 4. The molecule has 0 radical (unpaired) electrons. The van der Waals surface area contributed by atoms with Crippen LogP contribution < -0.4 is 26.8 Å². The van der Waals surface area contributed by atoms with Crippen molar-refractivity contribution in [2.45, 2.75) is 104 Å². The Morgan fingerprint density at radius 1 is 0.924 bits per heavy atom. The molecule has 2 fully saturated rings. The maximum absolute atomic E-state index is 14.2. The summed E-state index contributed by atoms with van der Waals surface area (Å²) in [5.74, 6) is -1.33. The van der Waals surface area contributed by atoms with Gasteiger partial charge in [0.05, 0.1) is 29.9 Å². The average Bonchev–Trinajstić information content (AvgIpc) is 4.18. The molecule has 6 aromatic rings. The molecule has 19 heteroatoms. The highest BCUT2D eigenvalue weighted by Gasteiger charge is 2.44. The standard InChI is InChI=1S/C60H71N9O8S2/c1-36-24-30-78-52(36)40-17-15-38(16-18-40)33-61-55(72)47-32-43(70)34-69(47)58(75)53(60(3,4)5)65-50(71)23-28-77-29-27-68-26-25-66(6)51(57(68)74)39-19-21-42(22-20-39)62-54-59(76)67(7)35-46(63-54)44-12-10-13-45(37(44)2)64-56(73)49-31-41-11-8-9-14-48(41)79-49/h10,12-13,15-22,24,30-31,35,43,47,51,53,70H,8-9,11,14,23,25-29,32-34H2,1-7H3,(H,61,72)(H,62,63)(H,64,73)(H,65,71)/t43-,47+,51-,53-/m1/s1. The van der Waals surface area contributed by atoms with Crippen LogP contribution >= 0.6 is 22.7 Å². The van der Waals surface area contributed by atoms with Crippen molar-refractivity contribution in [1.82, 2.24) is 34.9 Å². The molecule has 3 aliphatic rings. The number of amides is 5. The van der Waals surface area contributed by atoms with Crippen LogP contribution in [0.4, 0.5) is 17.2 Å². The van der Waals surface area contributed by atoms with E-state index in [4.69, 9.17) is 9.72 Å². The van der Waals surface area contributed by atoms with E-state index in [0.717, 1.165) is 53.5 Å². The molecule has 5 N–H and O–H groups in total. The Labute approximate surface area is 469 Å². The quantitative estimate of drug-likeness (QED) is 0.0526. The second-order valence-electron chi connectivity index (χ2n) is 22.0. The van der Waals surface area contributed by atoms with Crippen LogP contribution in [0, 0.1) is 19.3 Å². The van der Waals surface area contributed by atoms with Crippen molar-refractivity contribution in [3.63, 3.8) is 0 Å². The highest BCUT2D eigenvalue weighted by molar-refractivity contribution is 7.14. The number of aliphatic hydroxyl groups excluding tert-OH is 1. The smallest absolute Gasteiger partial charge is 0.293 e. The Morgan fingerprint density at radius 2 is 1.68 bits per heavy atom. The van der Waals surface area contributed by atoms with Crippen molar-refractivity contribution in [1.29, 1.82) is 0 Å². The number of nitrogens with one attached hydrogen (secondary N) is 4.